The summed E-state index contributed by atoms with van der Waals surface area (Å²) < 4.78 is 4.11. The maximum atomic E-state index is 5.25. The predicted octanol–water partition coefficient (Wildman–Crippen LogP) is 2.10. The van der Waals surface area contributed by atoms with Crippen molar-refractivity contribution in [3.63, 3.8) is 0 Å². The molecule has 1 rings (SSSR count). The zero-order valence-electron chi connectivity index (χ0n) is 6.53. The van der Waals surface area contributed by atoms with Crippen LogP contribution in [0.4, 0.5) is 0 Å². The molecule has 1 atom stereocenters. The first-order valence-corrected chi connectivity index (χ1v) is 4.50. The molecular formula is C8H12N2S. The van der Waals surface area contributed by atoms with Crippen LogP contribution < -0.4 is 5.14 Å². The Morgan fingerprint density at radius 1 is 1.64 bits per heavy atom. The number of allylic oxidation sites excluding steroid dienone is 4. The Balaban J connectivity index is 2.70. The van der Waals surface area contributed by atoms with E-state index in [1.807, 2.05) is 18.2 Å². The molecular weight excluding hydrogens is 156 g/mol. The Morgan fingerprint density at radius 2 is 2.45 bits per heavy atom. The van der Waals surface area contributed by atoms with E-state index in [2.05, 4.69) is 17.4 Å². The van der Waals surface area contributed by atoms with Gasteiger partial charge in [-0.2, -0.15) is 0 Å². The summed E-state index contributed by atoms with van der Waals surface area (Å²) in [6.07, 6.45) is 9.28. The van der Waals surface area contributed by atoms with Gasteiger partial charge in [-0.25, -0.2) is 4.40 Å². The maximum Gasteiger partial charge on any atom is 0.0570 e. The molecule has 0 fully saturated rings. The fourth-order valence-corrected chi connectivity index (χ4v) is 1.40. The van der Waals surface area contributed by atoms with Gasteiger partial charge in [0, 0.05) is 5.92 Å². The van der Waals surface area contributed by atoms with Crippen molar-refractivity contribution in [1.29, 1.82) is 0 Å². The number of nitrogens with two attached hydrogens (primary N) is 1. The van der Waals surface area contributed by atoms with Crippen LogP contribution in [0.25, 0.3) is 0 Å². The molecule has 0 spiro atoms. The van der Waals surface area contributed by atoms with Gasteiger partial charge in [-0.05, 0) is 12.5 Å². The van der Waals surface area contributed by atoms with Crippen molar-refractivity contribution in [2.24, 2.45) is 15.5 Å². The standard InChI is InChI=1S/C8H12N2S/c1-2-7-5-3-4-6-8(7)10-11-9/h3-7H,2,9H2,1H3. The number of hydrogen-bond acceptors (Lipinski definition) is 3. The summed E-state index contributed by atoms with van der Waals surface area (Å²) in [4.78, 5) is 0. The summed E-state index contributed by atoms with van der Waals surface area (Å²) >= 11 is 1.03. The highest BCUT2D eigenvalue weighted by atomic mass is 32.2. The predicted molar refractivity (Wildman–Crippen MR) is 51.3 cm³/mol. The zero-order valence-corrected chi connectivity index (χ0v) is 7.34. The number of nitrogens with zero attached hydrogens (tertiary/aromatic N) is 1. The topological polar surface area (TPSA) is 38.4 Å². The Bertz CT molecular complexity index is 206. The van der Waals surface area contributed by atoms with Crippen LogP contribution in [0.2, 0.25) is 0 Å². The lowest BCUT2D eigenvalue weighted by atomic mass is 9.96. The van der Waals surface area contributed by atoms with Crippen LogP contribution in [0.15, 0.2) is 28.7 Å². The van der Waals surface area contributed by atoms with Crippen LogP contribution in [0.3, 0.4) is 0 Å². The van der Waals surface area contributed by atoms with Gasteiger partial charge in [0.2, 0.25) is 0 Å². The molecule has 0 amide bonds. The fraction of sp³-hybridized carbons (Fsp3) is 0.375. The molecule has 1 aliphatic carbocycles. The Morgan fingerprint density at radius 3 is 3.09 bits per heavy atom. The smallest absolute Gasteiger partial charge is 0.0570 e. The molecule has 0 saturated carbocycles. The van der Waals surface area contributed by atoms with E-state index in [0.717, 1.165) is 24.3 Å². The molecule has 1 aliphatic rings. The maximum absolute atomic E-state index is 5.25. The fourth-order valence-electron chi connectivity index (χ4n) is 1.08. The van der Waals surface area contributed by atoms with Gasteiger partial charge in [-0.3, -0.25) is 5.14 Å². The quantitative estimate of drug-likeness (QED) is 0.641. The Kier molecular flexibility index (Phi) is 3.39. The molecule has 11 heavy (non-hydrogen) atoms. The molecule has 60 valence electrons. The summed E-state index contributed by atoms with van der Waals surface area (Å²) in [7, 11) is 0. The average Bonchev–Trinajstić information content (AvgIpc) is 2.06. The second-order valence-corrected chi connectivity index (χ2v) is 2.77. The summed E-state index contributed by atoms with van der Waals surface area (Å²) in [5, 5.41) is 5.25. The Labute approximate surface area is 71.5 Å². The van der Waals surface area contributed by atoms with Gasteiger partial charge in [-0.15, -0.1) is 0 Å². The third-order valence-electron chi connectivity index (χ3n) is 1.70. The van der Waals surface area contributed by atoms with E-state index >= 15 is 0 Å². The Hall–Kier alpha value is -0.540. The summed E-state index contributed by atoms with van der Waals surface area (Å²) in [5.41, 5.74) is 1.07. The van der Waals surface area contributed by atoms with E-state index in [1.165, 1.54) is 0 Å². The van der Waals surface area contributed by atoms with Gasteiger partial charge in [0.25, 0.3) is 0 Å². The number of hydrogen-bond donors (Lipinski definition) is 1. The number of rotatable bonds is 2. The largest absolute Gasteiger partial charge is 0.258 e. The lowest BCUT2D eigenvalue weighted by Gasteiger charge is -2.11. The molecule has 0 aromatic rings. The van der Waals surface area contributed by atoms with E-state index < -0.39 is 0 Å². The molecule has 2 nitrogen and oxygen atoms in total. The summed E-state index contributed by atoms with van der Waals surface area (Å²) in [6.45, 7) is 2.14. The molecule has 0 aromatic heterocycles. The van der Waals surface area contributed by atoms with Crippen molar-refractivity contribution in [2.45, 2.75) is 13.3 Å². The van der Waals surface area contributed by atoms with Crippen LogP contribution >= 0.6 is 12.1 Å². The van der Waals surface area contributed by atoms with Gasteiger partial charge >= 0.3 is 0 Å². The first kappa shape index (κ1) is 8.56. The van der Waals surface area contributed by atoms with Crippen molar-refractivity contribution < 1.29 is 0 Å². The SMILES string of the molecule is CCC1C=CC=CC1=NSN. The van der Waals surface area contributed by atoms with Crippen molar-refractivity contribution in [2.75, 3.05) is 0 Å². The van der Waals surface area contributed by atoms with Crippen molar-refractivity contribution in [1.82, 2.24) is 0 Å². The van der Waals surface area contributed by atoms with Gasteiger partial charge < -0.3 is 0 Å². The van der Waals surface area contributed by atoms with Gasteiger partial charge in [0.05, 0.1) is 17.8 Å². The highest BCUT2D eigenvalue weighted by Gasteiger charge is 2.09. The summed E-state index contributed by atoms with van der Waals surface area (Å²) in [5.74, 6) is 0.455. The van der Waals surface area contributed by atoms with Crippen molar-refractivity contribution in [3.05, 3.63) is 24.3 Å². The first-order valence-electron chi connectivity index (χ1n) is 3.67. The van der Waals surface area contributed by atoms with Crippen LogP contribution in [-0.2, 0) is 0 Å². The van der Waals surface area contributed by atoms with E-state index in [1.54, 1.807) is 0 Å². The first-order chi connectivity index (χ1) is 5.38. The minimum Gasteiger partial charge on any atom is -0.258 e. The molecule has 0 bridgehead atoms. The molecule has 0 aliphatic heterocycles. The second kappa shape index (κ2) is 4.36. The van der Waals surface area contributed by atoms with Crippen LogP contribution in [0.5, 0.6) is 0 Å². The third-order valence-corrected chi connectivity index (χ3v) is 2.02. The average molecular weight is 168 g/mol. The third kappa shape index (κ3) is 2.20. The molecule has 0 saturated heterocycles. The van der Waals surface area contributed by atoms with E-state index in [4.69, 9.17) is 5.14 Å². The monoisotopic (exact) mass is 168 g/mol. The van der Waals surface area contributed by atoms with Crippen LogP contribution in [0.1, 0.15) is 13.3 Å². The highest BCUT2D eigenvalue weighted by Crippen LogP contribution is 2.14. The molecule has 1 unspecified atom stereocenters. The second-order valence-electron chi connectivity index (χ2n) is 2.38. The lowest BCUT2D eigenvalue weighted by Crippen LogP contribution is -2.10. The molecule has 0 aromatic carbocycles. The van der Waals surface area contributed by atoms with Crippen LogP contribution in [-0.4, -0.2) is 5.71 Å². The van der Waals surface area contributed by atoms with E-state index in [0.29, 0.717) is 5.92 Å². The van der Waals surface area contributed by atoms with Gasteiger partial charge in [0.1, 0.15) is 0 Å². The lowest BCUT2D eigenvalue weighted by molar-refractivity contribution is 0.818. The molecule has 2 N–H and O–H groups in total. The van der Waals surface area contributed by atoms with Crippen LogP contribution in [0, 0.1) is 5.92 Å². The van der Waals surface area contributed by atoms with Gasteiger partial charge in [-0.1, -0.05) is 25.2 Å². The summed E-state index contributed by atoms with van der Waals surface area (Å²) in [6, 6.07) is 0. The highest BCUT2D eigenvalue weighted by molar-refractivity contribution is 7.95. The van der Waals surface area contributed by atoms with Crippen molar-refractivity contribution in [3.8, 4) is 0 Å². The molecule has 0 radical (unpaired) electrons. The normalized spacial score (nSPS) is 26.4. The zero-order chi connectivity index (χ0) is 8.10. The minimum atomic E-state index is 0.455. The van der Waals surface area contributed by atoms with Gasteiger partial charge in [0.15, 0.2) is 0 Å². The molecule has 3 heteroatoms. The van der Waals surface area contributed by atoms with E-state index in [9.17, 15) is 0 Å². The van der Waals surface area contributed by atoms with E-state index in [-0.39, 0.29) is 0 Å². The van der Waals surface area contributed by atoms with Crippen molar-refractivity contribution >= 4 is 17.8 Å². The molecule has 0 heterocycles. The minimum absolute atomic E-state index is 0.455.